The quantitative estimate of drug-likeness (QED) is 0.699. The van der Waals surface area contributed by atoms with Gasteiger partial charge in [-0.05, 0) is 20.8 Å². The first-order chi connectivity index (χ1) is 6.65. The van der Waals surface area contributed by atoms with E-state index in [4.69, 9.17) is 4.74 Å². The molecule has 0 aliphatic rings. The summed E-state index contributed by atoms with van der Waals surface area (Å²) in [6.07, 6.45) is -1.26. The summed E-state index contributed by atoms with van der Waals surface area (Å²) in [6, 6.07) is 0. The number of nitrogens with zero attached hydrogens (tertiary/aromatic N) is 1. The van der Waals surface area contributed by atoms with E-state index >= 15 is 0 Å². The van der Waals surface area contributed by atoms with E-state index < -0.39 is 12.2 Å². The van der Waals surface area contributed by atoms with E-state index in [1.807, 2.05) is 0 Å². The fourth-order valence-electron chi connectivity index (χ4n) is 0.729. The van der Waals surface area contributed by atoms with E-state index in [9.17, 15) is 9.59 Å². The molecule has 0 spiro atoms. The van der Waals surface area contributed by atoms with Gasteiger partial charge in [0.25, 0.3) is 0 Å². The number of ether oxygens (including phenoxy) is 2. The van der Waals surface area contributed by atoms with E-state index in [-0.39, 0.29) is 13.2 Å². The van der Waals surface area contributed by atoms with Crippen LogP contribution in [0.2, 0.25) is 0 Å². The van der Waals surface area contributed by atoms with Gasteiger partial charge in [-0.15, -0.1) is 0 Å². The van der Waals surface area contributed by atoms with Gasteiger partial charge >= 0.3 is 12.2 Å². The molecule has 0 heterocycles. The number of rotatable bonds is 3. The molecule has 0 radical (unpaired) electrons. The van der Waals surface area contributed by atoms with Gasteiger partial charge in [0.05, 0.1) is 13.2 Å². The molecule has 0 saturated carbocycles. The van der Waals surface area contributed by atoms with Crippen LogP contribution in [0.15, 0.2) is 0 Å². The van der Waals surface area contributed by atoms with Gasteiger partial charge < -0.3 is 9.47 Å². The zero-order chi connectivity index (χ0) is 11.0. The number of amides is 2. The third-order valence-corrected chi connectivity index (χ3v) is 1.31. The van der Waals surface area contributed by atoms with Crippen molar-refractivity contribution in [2.24, 2.45) is 0 Å². The maximum atomic E-state index is 11.1. The fraction of sp³-hybridized carbons (Fsp3) is 0.750. The van der Waals surface area contributed by atoms with Crippen molar-refractivity contribution in [1.29, 1.82) is 0 Å². The Bertz CT molecular complexity index is 196. The molecule has 1 N–H and O–H groups in total. The van der Waals surface area contributed by atoms with Gasteiger partial charge in [-0.25, -0.2) is 20.0 Å². The summed E-state index contributed by atoms with van der Waals surface area (Å²) in [7, 11) is 0. The molecule has 6 heteroatoms. The van der Waals surface area contributed by atoms with E-state index in [1.54, 1.807) is 20.8 Å². The lowest BCUT2D eigenvalue weighted by molar-refractivity contribution is 0.0766. The predicted octanol–water partition coefficient (Wildman–Crippen LogP) is 1.13. The van der Waals surface area contributed by atoms with E-state index in [0.29, 0.717) is 6.54 Å². The van der Waals surface area contributed by atoms with Crippen molar-refractivity contribution in [1.82, 2.24) is 10.4 Å². The molecule has 0 aliphatic heterocycles. The van der Waals surface area contributed by atoms with Crippen LogP contribution in [0.5, 0.6) is 0 Å². The van der Waals surface area contributed by atoms with Gasteiger partial charge in [0.1, 0.15) is 0 Å². The van der Waals surface area contributed by atoms with Gasteiger partial charge in [0.2, 0.25) is 0 Å². The summed E-state index contributed by atoms with van der Waals surface area (Å²) in [5, 5.41) is 1.04. The Morgan fingerprint density at radius 2 is 1.71 bits per heavy atom. The zero-order valence-corrected chi connectivity index (χ0v) is 8.70. The largest absolute Gasteiger partial charge is 0.449 e. The summed E-state index contributed by atoms with van der Waals surface area (Å²) in [5.74, 6) is 0. The molecule has 0 aromatic rings. The van der Waals surface area contributed by atoms with Crippen LogP contribution in [-0.2, 0) is 9.47 Å². The van der Waals surface area contributed by atoms with E-state index in [1.165, 1.54) is 0 Å². The first-order valence-corrected chi connectivity index (χ1v) is 4.53. The lowest BCUT2D eigenvalue weighted by atomic mass is 10.7. The molecule has 0 aliphatic carbocycles. The number of hydrogen-bond donors (Lipinski definition) is 1. The highest BCUT2D eigenvalue weighted by molar-refractivity contribution is 5.73. The van der Waals surface area contributed by atoms with Crippen LogP contribution >= 0.6 is 0 Å². The smallest absolute Gasteiger partial charge is 0.428 e. The van der Waals surface area contributed by atoms with Crippen LogP contribution in [0.3, 0.4) is 0 Å². The monoisotopic (exact) mass is 204 g/mol. The van der Waals surface area contributed by atoms with Crippen LogP contribution in [0.1, 0.15) is 20.8 Å². The summed E-state index contributed by atoms with van der Waals surface area (Å²) < 4.78 is 9.29. The van der Waals surface area contributed by atoms with Crippen molar-refractivity contribution in [3.8, 4) is 0 Å². The molecule has 14 heavy (non-hydrogen) atoms. The molecule has 82 valence electrons. The van der Waals surface area contributed by atoms with Crippen LogP contribution in [-0.4, -0.2) is 37.0 Å². The summed E-state index contributed by atoms with van der Waals surface area (Å²) >= 11 is 0. The molecule has 6 nitrogen and oxygen atoms in total. The Labute approximate surface area is 83.1 Å². The minimum atomic E-state index is -0.664. The summed E-state index contributed by atoms with van der Waals surface area (Å²) in [6.45, 7) is 5.92. The SMILES string of the molecule is CCOC(=O)NN(CC)C(=O)OCC. The molecule has 0 unspecified atom stereocenters. The number of nitrogens with one attached hydrogen (secondary N) is 1. The number of hydrazine groups is 1. The molecule has 0 fully saturated rings. The molecule has 0 atom stereocenters. The molecular weight excluding hydrogens is 188 g/mol. The van der Waals surface area contributed by atoms with Gasteiger partial charge in [0, 0.05) is 6.54 Å². The van der Waals surface area contributed by atoms with Gasteiger partial charge in [-0.1, -0.05) is 0 Å². The highest BCUT2D eigenvalue weighted by Crippen LogP contribution is 1.90. The molecule has 0 bridgehead atoms. The Morgan fingerprint density at radius 1 is 1.14 bits per heavy atom. The van der Waals surface area contributed by atoms with Crippen LogP contribution in [0.4, 0.5) is 9.59 Å². The van der Waals surface area contributed by atoms with Crippen molar-refractivity contribution in [2.75, 3.05) is 19.8 Å². The highest BCUT2D eigenvalue weighted by Gasteiger charge is 2.15. The molecule has 2 amide bonds. The average Bonchev–Trinajstić information content (AvgIpc) is 2.15. The molecular formula is C8H16N2O4. The Kier molecular flexibility index (Phi) is 6.26. The third-order valence-electron chi connectivity index (χ3n) is 1.31. The maximum absolute atomic E-state index is 11.1. The van der Waals surface area contributed by atoms with Crippen LogP contribution in [0.25, 0.3) is 0 Å². The predicted molar refractivity (Wildman–Crippen MR) is 49.6 cm³/mol. The second kappa shape index (κ2) is 6.99. The lowest BCUT2D eigenvalue weighted by Crippen LogP contribution is -2.46. The standard InChI is InChI=1S/C8H16N2O4/c1-4-10(8(12)14-6-3)9-7(11)13-5-2/h4-6H2,1-3H3,(H,9,11). The maximum Gasteiger partial charge on any atom is 0.428 e. The second-order valence-corrected chi connectivity index (χ2v) is 2.28. The summed E-state index contributed by atoms with van der Waals surface area (Å²) in [5.41, 5.74) is 2.25. The third kappa shape index (κ3) is 4.54. The van der Waals surface area contributed by atoms with Crippen LogP contribution < -0.4 is 5.43 Å². The second-order valence-electron chi connectivity index (χ2n) is 2.28. The highest BCUT2D eigenvalue weighted by atomic mass is 16.6. The topological polar surface area (TPSA) is 67.9 Å². The van der Waals surface area contributed by atoms with Crippen molar-refractivity contribution >= 4 is 12.2 Å². The fourth-order valence-corrected chi connectivity index (χ4v) is 0.729. The van der Waals surface area contributed by atoms with Crippen molar-refractivity contribution in [2.45, 2.75) is 20.8 Å². The Morgan fingerprint density at radius 3 is 2.14 bits per heavy atom. The van der Waals surface area contributed by atoms with Crippen molar-refractivity contribution in [3.63, 3.8) is 0 Å². The number of hydrogen-bond acceptors (Lipinski definition) is 4. The Balaban J connectivity index is 4.01. The van der Waals surface area contributed by atoms with Gasteiger partial charge in [-0.2, -0.15) is 0 Å². The van der Waals surface area contributed by atoms with Crippen molar-refractivity contribution in [3.05, 3.63) is 0 Å². The molecule has 0 aromatic heterocycles. The van der Waals surface area contributed by atoms with Crippen molar-refractivity contribution < 1.29 is 19.1 Å². The first-order valence-electron chi connectivity index (χ1n) is 4.53. The normalized spacial score (nSPS) is 9.07. The van der Waals surface area contributed by atoms with E-state index in [2.05, 4.69) is 10.2 Å². The van der Waals surface area contributed by atoms with Gasteiger partial charge in [0.15, 0.2) is 0 Å². The number of carbonyl (C=O) groups is 2. The molecule has 0 aromatic carbocycles. The van der Waals surface area contributed by atoms with Crippen LogP contribution in [0, 0.1) is 0 Å². The van der Waals surface area contributed by atoms with E-state index in [0.717, 1.165) is 5.01 Å². The average molecular weight is 204 g/mol. The zero-order valence-electron chi connectivity index (χ0n) is 8.70. The molecule has 0 saturated heterocycles. The minimum Gasteiger partial charge on any atom is -0.449 e. The molecule has 0 rings (SSSR count). The lowest BCUT2D eigenvalue weighted by Gasteiger charge is -2.19. The minimum absolute atomic E-state index is 0.256. The Hall–Kier alpha value is -1.46. The van der Waals surface area contributed by atoms with Gasteiger partial charge in [-0.3, -0.25) is 0 Å². The first kappa shape index (κ1) is 12.5. The number of carbonyl (C=O) groups excluding carboxylic acids is 2. The summed E-state index contributed by atoms with van der Waals surface area (Å²) in [4.78, 5) is 22.1.